The highest BCUT2D eigenvalue weighted by atomic mass is 32.2. The third-order valence-electron chi connectivity index (χ3n) is 3.92. The lowest BCUT2D eigenvalue weighted by atomic mass is 10.2. The molecule has 0 N–H and O–H groups in total. The molecule has 2 unspecified atom stereocenters. The van der Waals surface area contributed by atoms with E-state index in [1.54, 1.807) is 25.2 Å². The third kappa shape index (κ3) is 4.39. The Kier molecular flexibility index (Phi) is 5.58. The number of aromatic nitrogens is 2. The first-order valence-electron chi connectivity index (χ1n) is 8.12. The molecule has 3 rings (SSSR count). The molecule has 1 saturated heterocycles. The minimum atomic E-state index is 0.221. The predicted molar refractivity (Wildman–Crippen MR) is 96.8 cm³/mol. The number of thioether (sulfide) groups is 1. The number of methoxy groups -OCH3 is 1. The van der Waals surface area contributed by atoms with E-state index < -0.39 is 0 Å². The van der Waals surface area contributed by atoms with Crippen molar-refractivity contribution >= 4 is 17.6 Å². The number of rotatable bonds is 5. The van der Waals surface area contributed by atoms with Gasteiger partial charge in [0.15, 0.2) is 0 Å². The lowest BCUT2D eigenvalue weighted by Gasteiger charge is -2.36. The Morgan fingerprint density at radius 2 is 1.88 bits per heavy atom. The van der Waals surface area contributed by atoms with E-state index in [2.05, 4.69) is 46.9 Å². The largest absolute Gasteiger partial charge is 0.497 e. The molecule has 6 heteroatoms. The second-order valence-corrected chi connectivity index (χ2v) is 7.01. The van der Waals surface area contributed by atoms with E-state index in [9.17, 15) is 0 Å². The molecule has 0 saturated carbocycles. The van der Waals surface area contributed by atoms with Gasteiger partial charge in [-0.05, 0) is 31.5 Å². The fourth-order valence-corrected chi connectivity index (χ4v) is 3.64. The van der Waals surface area contributed by atoms with Crippen molar-refractivity contribution in [1.82, 2.24) is 9.97 Å². The number of hydrogen-bond donors (Lipinski definition) is 0. The maximum absolute atomic E-state index is 5.79. The number of hydrogen-bond acceptors (Lipinski definition) is 6. The van der Waals surface area contributed by atoms with Gasteiger partial charge < -0.3 is 14.4 Å². The molecular formula is C18H23N3O2S. The third-order valence-corrected chi connectivity index (χ3v) is 4.91. The van der Waals surface area contributed by atoms with Crippen LogP contribution in [0.4, 0.5) is 5.82 Å². The zero-order chi connectivity index (χ0) is 16.9. The van der Waals surface area contributed by atoms with E-state index in [4.69, 9.17) is 9.47 Å². The van der Waals surface area contributed by atoms with Crippen LogP contribution in [-0.4, -0.2) is 42.4 Å². The van der Waals surface area contributed by atoms with Gasteiger partial charge in [0.05, 0.1) is 19.3 Å². The molecule has 24 heavy (non-hydrogen) atoms. The Labute approximate surface area is 147 Å². The van der Waals surface area contributed by atoms with Crippen molar-refractivity contribution in [3.63, 3.8) is 0 Å². The fraction of sp³-hybridized carbons (Fsp3) is 0.444. The average Bonchev–Trinajstić information content (AvgIpc) is 2.60. The Hall–Kier alpha value is -1.79. The van der Waals surface area contributed by atoms with Crippen molar-refractivity contribution in [2.45, 2.75) is 36.8 Å². The molecule has 1 fully saturated rings. The normalized spacial score (nSPS) is 20.9. The van der Waals surface area contributed by atoms with E-state index in [0.717, 1.165) is 35.4 Å². The van der Waals surface area contributed by atoms with Crippen molar-refractivity contribution in [2.75, 3.05) is 25.1 Å². The molecule has 0 bridgehead atoms. The number of benzene rings is 1. The molecule has 5 nitrogen and oxygen atoms in total. The minimum absolute atomic E-state index is 0.221. The van der Waals surface area contributed by atoms with Crippen LogP contribution in [0.2, 0.25) is 0 Å². The van der Waals surface area contributed by atoms with Gasteiger partial charge in [0.1, 0.15) is 22.9 Å². The quantitative estimate of drug-likeness (QED) is 0.611. The van der Waals surface area contributed by atoms with Gasteiger partial charge in [-0.2, -0.15) is 0 Å². The van der Waals surface area contributed by atoms with Crippen LogP contribution < -0.4 is 9.64 Å². The summed E-state index contributed by atoms with van der Waals surface area (Å²) in [6.07, 6.45) is 2.09. The van der Waals surface area contributed by atoms with Crippen molar-refractivity contribution in [2.24, 2.45) is 0 Å². The zero-order valence-electron chi connectivity index (χ0n) is 14.3. The van der Waals surface area contributed by atoms with E-state index in [-0.39, 0.29) is 12.2 Å². The van der Waals surface area contributed by atoms with Gasteiger partial charge >= 0.3 is 0 Å². The summed E-state index contributed by atoms with van der Waals surface area (Å²) in [4.78, 5) is 11.1. The van der Waals surface area contributed by atoms with Gasteiger partial charge in [0.2, 0.25) is 0 Å². The summed E-state index contributed by atoms with van der Waals surface area (Å²) in [6.45, 7) is 5.93. The maximum Gasteiger partial charge on any atom is 0.133 e. The topological polar surface area (TPSA) is 47.5 Å². The first-order chi connectivity index (χ1) is 11.6. The fourth-order valence-electron chi connectivity index (χ4n) is 2.83. The van der Waals surface area contributed by atoms with Crippen molar-refractivity contribution in [1.29, 1.82) is 0 Å². The number of ether oxygens (including phenoxy) is 2. The standard InChI is InChI=1S/C18H23N3O2S/c1-13-9-21(10-14(2)23-13)17-8-18(20-12-19-17)24-11-15-4-6-16(22-3)7-5-15/h4-8,12-14H,9-11H2,1-3H3. The molecule has 1 aromatic carbocycles. The van der Waals surface area contributed by atoms with Crippen LogP contribution in [-0.2, 0) is 10.5 Å². The van der Waals surface area contributed by atoms with E-state index in [1.165, 1.54) is 5.56 Å². The number of anilines is 1. The summed E-state index contributed by atoms with van der Waals surface area (Å²) in [5.74, 6) is 2.73. The first-order valence-corrected chi connectivity index (χ1v) is 9.11. The Balaban J connectivity index is 1.64. The molecule has 0 spiro atoms. The van der Waals surface area contributed by atoms with Crippen molar-refractivity contribution < 1.29 is 9.47 Å². The Morgan fingerprint density at radius 3 is 2.54 bits per heavy atom. The summed E-state index contributed by atoms with van der Waals surface area (Å²) in [6, 6.07) is 10.2. The molecule has 1 aromatic heterocycles. The monoisotopic (exact) mass is 345 g/mol. The Bertz CT molecular complexity index is 656. The second kappa shape index (κ2) is 7.85. The lowest BCUT2D eigenvalue weighted by molar-refractivity contribution is -0.00548. The summed E-state index contributed by atoms with van der Waals surface area (Å²) in [5, 5.41) is 0.989. The van der Waals surface area contributed by atoms with Crippen LogP contribution >= 0.6 is 11.8 Å². The SMILES string of the molecule is COc1ccc(CSc2cc(N3CC(C)OC(C)C3)ncn2)cc1. The van der Waals surface area contributed by atoms with Crippen LogP contribution in [0.3, 0.4) is 0 Å². The van der Waals surface area contributed by atoms with E-state index in [0.29, 0.717) is 0 Å². The van der Waals surface area contributed by atoms with Gasteiger partial charge in [-0.3, -0.25) is 0 Å². The number of nitrogens with zero attached hydrogens (tertiary/aromatic N) is 3. The molecule has 1 aliphatic rings. The first kappa shape index (κ1) is 17.0. The highest BCUT2D eigenvalue weighted by Crippen LogP contribution is 2.25. The minimum Gasteiger partial charge on any atom is -0.497 e. The summed E-state index contributed by atoms with van der Waals surface area (Å²) in [7, 11) is 1.68. The van der Waals surface area contributed by atoms with Gasteiger partial charge in [-0.1, -0.05) is 12.1 Å². The van der Waals surface area contributed by atoms with E-state index in [1.807, 2.05) is 12.1 Å². The van der Waals surface area contributed by atoms with Gasteiger partial charge in [0, 0.05) is 24.9 Å². The number of morpholine rings is 1. The summed E-state index contributed by atoms with van der Waals surface area (Å²) in [5.41, 5.74) is 1.24. The lowest BCUT2D eigenvalue weighted by Crippen LogP contribution is -2.45. The van der Waals surface area contributed by atoms with Gasteiger partial charge in [-0.15, -0.1) is 11.8 Å². The van der Waals surface area contributed by atoms with Crippen molar-refractivity contribution in [3.8, 4) is 5.75 Å². The molecule has 0 amide bonds. The van der Waals surface area contributed by atoms with Crippen LogP contribution in [0.1, 0.15) is 19.4 Å². The molecule has 128 valence electrons. The predicted octanol–water partition coefficient (Wildman–Crippen LogP) is 3.39. The average molecular weight is 345 g/mol. The molecule has 2 aromatic rings. The summed E-state index contributed by atoms with van der Waals surface area (Å²) < 4.78 is 11.0. The molecule has 2 atom stereocenters. The molecule has 2 heterocycles. The van der Waals surface area contributed by atoms with Gasteiger partial charge in [0.25, 0.3) is 0 Å². The molecular weight excluding hydrogens is 322 g/mol. The highest BCUT2D eigenvalue weighted by molar-refractivity contribution is 7.98. The second-order valence-electron chi connectivity index (χ2n) is 6.01. The van der Waals surface area contributed by atoms with Crippen molar-refractivity contribution in [3.05, 3.63) is 42.2 Å². The Morgan fingerprint density at radius 1 is 1.17 bits per heavy atom. The van der Waals surface area contributed by atoms with Crippen LogP contribution in [0.15, 0.2) is 41.7 Å². The van der Waals surface area contributed by atoms with Gasteiger partial charge in [-0.25, -0.2) is 9.97 Å². The molecule has 1 aliphatic heterocycles. The highest BCUT2D eigenvalue weighted by Gasteiger charge is 2.23. The molecule has 0 aliphatic carbocycles. The zero-order valence-corrected chi connectivity index (χ0v) is 15.1. The summed E-state index contributed by atoms with van der Waals surface area (Å²) >= 11 is 1.72. The van der Waals surface area contributed by atoms with Crippen LogP contribution in [0.5, 0.6) is 5.75 Å². The van der Waals surface area contributed by atoms with Crippen LogP contribution in [0, 0.1) is 0 Å². The smallest absolute Gasteiger partial charge is 0.133 e. The maximum atomic E-state index is 5.79. The van der Waals surface area contributed by atoms with E-state index >= 15 is 0 Å². The van der Waals surface area contributed by atoms with Crippen LogP contribution in [0.25, 0.3) is 0 Å². The molecule has 0 radical (unpaired) electrons.